The minimum atomic E-state index is -0.158. The van der Waals surface area contributed by atoms with Gasteiger partial charge in [0.05, 0.1) is 30.0 Å². The molecule has 3 rings (SSSR count). The molecular weight excluding hydrogens is 337 g/mol. The van der Waals surface area contributed by atoms with Gasteiger partial charge < -0.3 is 14.8 Å². The molecule has 1 aliphatic heterocycles. The summed E-state index contributed by atoms with van der Waals surface area (Å²) in [5, 5.41) is 3.82. The number of benzene rings is 2. The van der Waals surface area contributed by atoms with Gasteiger partial charge in [-0.3, -0.25) is 4.79 Å². The monoisotopic (exact) mass is 351 g/mol. The molecule has 0 saturated heterocycles. The van der Waals surface area contributed by atoms with Crippen LogP contribution < -0.4 is 14.8 Å². The predicted molar refractivity (Wildman–Crippen MR) is 91.1 cm³/mol. The first-order chi connectivity index (χ1) is 11.0. The van der Waals surface area contributed by atoms with Crippen molar-refractivity contribution >= 4 is 34.8 Å². The Labute approximate surface area is 144 Å². The number of anilines is 1. The quantitative estimate of drug-likeness (QED) is 0.886. The van der Waals surface area contributed by atoms with Crippen LogP contribution >= 0.6 is 23.2 Å². The molecule has 23 heavy (non-hydrogen) atoms. The first kappa shape index (κ1) is 16.0. The Kier molecular flexibility index (Phi) is 4.37. The third-order valence-electron chi connectivity index (χ3n) is 3.93. The number of carbonyl (C=O) groups excluding carboxylic acids is 1. The highest BCUT2D eigenvalue weighted by Crippen LogP contribution is 2.45. The fraction of sp³-hybridized carbons (Fsp3) is 0.235. The molecule has 4 nitrogen and oxygen atoms in total. The lowest BCUT2D eigenvalue weighted by atomic mass is 9.84. The minimum Gasteiger partial charge on any atom is -0.497 e. The van der Waals surface area contributed by atoms with Gasteiger partial charge in [-0.15, -0.1) is 0 Å². The van der Waals surface area contributed by atoms with E-state index < -0.39 is 0 Å². The maximum atomic E-state index is 12.1. The number of amides is 1. The van der Waals surface area contributed by atoms with E-state index in [0.29, 0.717) is 33.7 Å². The van der Waals surface area contributed by atoms with Gasteiger partial charge in [-0.05, 0) is 17.7 Å². The molecule has 0 spiro atoms. The van der Waals surface area contributed by atoms with Crippen molar-refractivity contribution < 1.29 is 14.3 Å². The second-order valence-electron chi connectivity index (χ2n) is 5.27. The zero-order valence-electron chi connectivity index (χ0n) is 12.7. The van der Waals surface area contributed by atoms with Crippen LogP contribution in [0.1, 0.15) is 23.5 Å². The Morgan fingerprint density at radius 1 is 1.09 bits per heavy atom. The van der Waals surface area contributed by atoms with E-state index in [4.69, 9.17) is 32.7 Å². The van der Waals surface area contributed by atoms with Crippen LogP contribution in [0, 0.1) is 0 Å². The molecule has 1 aliphatic rings. The van der Waals surface area contributed by atoms with Gasteiger partial charge in [0, 0.05) is 30.0 Å². The first-order valence-corrected chi connectivity index (χ1v) is 7.79. The fourth-order valence-electron chi connectivity index (χ4n) is 2.85. The Balaban J connectivity index is 2.17. The summed E-state index contributed by atoms with van der Waals surface area (Å²) in [6.07, 6.45) is 0.313. The van der Waals surface area contributed by atoms with Crippen LogP contribution in [0.25, 0.3) is 0 Å². The van der Waals surface area contributed by atoms with E-state index in [1.807, 2.05) is 6.07 Å². The molecule has 2 aromatic carbocycles. The molecule has 1 N–H and O–H groups in total. The molecule has 0 aliphatic carbocycles. The number of nitrogens with one attached hydrogen (secondary N) is 1. The van der Waals surface area contributed by atoms with E-state index in [1.54, 1.807) is 38.5 Å². The second-order valence-corrected chi connectivity index (χ2v) is 6.08. The van der Waals surface area contributed by atoms with Crippen molar-refractivity contribution in [2.24, 2.45) is 0 Å². The van der Waals surface area contributed by atoms with E-state index in [9.17, 15) is 4.79 Å². The van der Waals surface area contributed by atoms with E-state index in [2.05, 4.69) is 5.32 Å². The minimum absolute atomic E-state index is 0.0659. The third kappa shape index (κ3) is 2.96. The van der Waals surface area contributed by atoms with Crippen LogP contribution in [-0.4, -0.2) is 20.1 Å². The number of hydrogen-bond donors (Lipinski definition) is 1. The van der Waals surface area contributed by atoms with Crippen molar-refractivity contribution in [3.05, 3.63) is 51.5 Å². The Bertz CT molecular complexity index is 777. The van der Waals surface area contributed by atoms with E-state index in [0.717, 1.165) is 11.1 Å². The normalized spacial score (nSPS) is 16.5. The second kappa shape index (κ2) is 6.30. The van der Waals surface area contributed by atoms with Crippen molar-refractivity contribution in [3.63, 3.8) is 0 Å². The fourth-order valence-corrected chi connectivity index (χ4v) is 3.16. The zero-order valence-corrected chi connectivity index (χ0v) is 14.2. The van der Waals surface area contributed by atoms with Crippen molar-refractivity contribution in [2.45, 2.75) is 12.3 Å². The number of fused-ring (bicyclic) bond motifs is 1. The molecule has 0 bridgehead atoms. The third-order valence-corrected chi connectivity index (χ3v) is 4.67. The molecule has 0 saturated carbocycles. The van der Waals surface area contributed by atoms with Crippen molar-refractivity contribution in [1.29, 1.82) is 0 Å². The van der Waals surface area contributed by atoms with Crippen LogP contribution in [0.15, 0.2) is 30.3 Å². The summed E-state index contributed by atoms with van der Waals surface area (Å²) in [5.41, 5.74) is 2.51. The van der Waals surface area contributed by atoms with E-state index >= 15 is 0 Å². The zero-order chi connectivity index (χ0) is 16.6. The molecule has 120 valence electrons. The van der Waals surface area contributed by atoms with Crippen LogP contribution in [0.3, 0.4) is 0 Å². The highest BCUT2D eigenvalue weighted by molar-refractivity contribution is 6.42. The first-order valence-electron chi connectivity index (χ1n) is 7.04. The number of halogens is 2. The highest BCUT2D eigenvalue weighted by atomic mass is 35.5. The lowest BCUT2D eigenvalue weighted by Crippen LogP contribution is -2.24. The number of hydrogen-bond acceptors (Lipinski definition) is 3. The van der Waals surface area contributed by atoms with E-state index in [1.165, 1.54) is 0 Å². The standard InChI is InChI=1S/C17H15Cl2NO3/c1-22-10-6-14-17(15(7-10)23-2)11(8-16(21)20-14)9-3-4-12(18)13(19)5-9/h3-7,11H,8H2,1-2H3,(H,20,21)/t11-/m1/s1. The van der Waals surface area contributed by atoms with Crippen molar-refractivity contribution in [1.82, 2.24) is 0 Å². The van der Waals surface area contributed by atoms with Gasteiger partial charge in [0.15, 0.2) is 0 Å². The van der Waals surface area contributed by atoms with Crippen LogP contribution in [0.5, 0.6) is 11.5 Å². The topological polar surface area (TPSA) is 47.6 Å². The maximum Gasteiger partial charge on any atom is 0.225 e. The van der Waals surface area contributed by atoms with Crippen molar-refractivity contribution in [2.75, 3.05) is 19.5 Å². The highest BCUT2D eigenvalue weighted by Gasteiger charge is 2.30. The molecule has 1 atom stereocenters. The Morgan fingerprint density at radius 2 is 1.87 bits per heavy atom. The molecule has 1 amide bonds. The molecule has 1 heterocycles. The van der Waals surface area contributed by atoms with E-state index in [-0.39, 0.29) is 11.8 Å². The number of methoxy groups -OCH3 is 2. The van der Waals surface area contributed by atoms with Crippen LogP contribution in [0.2, 0.25) is 10.0 Å². The molecule has 6 heteroatoms. The van der Waals surface area contributed by atoms with Gasteiger partial charge in [0.25, 0.3) is 0 Å². The maximum absolute atomic E-state index is 12.1. The number of ether oxygens (including phenoxy) is 2. The molecule has 0 aromatic heterocycles. The Hall–Kier alpha value is -1.91. The van der Waals surface area contributed by atoms with Gasteiger partial charge in [-0.25, -0.2) is 0 Å². The molecular formula is C17H15Cl2NO3. The van der Waals surface area contributed by atoms with Crippen LogP contribution in [-0.2, 0) is 4.79 Å². The summed E-state index contributed by atoms with van der Waals surface area (Å²) in [6.45, 7) is 0. The lowest BCUT2D eigenvalue weighted by molar-refractivity contribution is -0.116. The summed E-state index contributed by atoms with van der Waals surface area (Å²) >= 11 is 12.1. The number of rotatable bonds is 3. The average molecular weight is 352 g/mol. The Morgan fingerprint density at radius 3 is 2.52 bits per heavy atom. The molecule has 0 unspecified atom stereocenters. The molecule has 0 fully saturated rings. The predicted octanol–water partition coefficient (Wildman–Crippen LogP) is 4.48. The van der Waals surface area contributed by atoms with Crippen LogP contribution in [0.4, 0.5) is 5.69 Å². The number of carbonyl (C=O) groups is 1. The summed E-state index contributed by atoms with van der Waals surface area (Å²) in [5.74, 6) is 1.06. The van der Waals surface area contributed by atoms with Gasteiger partial charge in [-0.1, -0.05) is 29.3 Å². The van der Waals surface area contributed by atoms with Gasteiger partial charge >= 0.3 is 0 Å². The summed E-state index contributed by atoms with van der Waals surface area (Å²) in [6, 6.07) is 9.01. The van der Waals surface area contributed by atoms with Gasteiger partial charge in [0.2, 0.25) is 5.91 Å². The van der Waals surface area contributed by atoms with Gasteiger partial charge in [0.1, 0.15) is 11.5 Å². The largest absolute Gasteiger partial charge is 0.497 e. The summed E-state index contributed by atoms with van der Waals surface area (Å²) in [4.78, 5) is 12.1. The van der Waals surface area contributed by atoms with Gasteiger partial charge in [-0.2, -0.15) is 0 Å². The smallest absolute Gasteiger partial charge is 0.225 e. The summed E-state index contributed by atoms with van der Waals surface area (Å²) < 4.78 is 10.8. The molecule has 0 radical (unpaired) electrons. The van der Waals surface area contributed by atoms with Crippen molar-refractivity contribution in [3.8, 4) is 11.5 Å². The lowest BCUT2D eigenvalue weighted by Gasteiger charge is -2.28. The molecule has 2 aromatic rings. The summed E-state index contributed by atoms with van der Waals surface area (Å²) in [7, 11) is 3.17. The average Bonchev–Trinajstić information content (AvgIpc) is 2.55. The SMILES string of the molecule is COc1cc2c(c(OC)c1)[C@@H](c1ccc(Cl)c(Cl)c1)CC(=O)N2.